The molecule has 0 fully saturated rings. The first kappa shape index (κ1) is 13.9. The van der Waals surface area contributed by atoms with E-state index in [1.54, 1.807) is 6.07 Å². The largest absolute Gasteiger partial charge is 0.358 e. The van der Waals surface area contributed by atoms with Gasteiger partial charge < -0.3 is 4.98 Å². The average Bonchev–Trinajstić information content (AvgIpc) is 2.39. The SMILES string of the molecule is CCCC(C)CCCc1cc(=O)c2ccccc2[nH]1. The van der Waals surface area contributed by atoms with E-state index < -0.39 is 0 Å². The normalized spacial score (nSPS) is 12.7. The molecule has 1 heterocycles. The zero-order valence-electron chi connectivity index (χ0n) is 11.9. The van der Waals surface area contributed by atoms with Gasteiger partial charge in [-0.25, -0.2) is 0 Å². The highest BCUT2D eigenvalue weighted by Crippen LogP contribution is 2.15. The van der Waals surface area contributed by atoms with Gasteiger partial charge in [0.25, 0.3) is 0 Å². The Morgan fingerprint density at radius 3 is 2.79 bits per heavy atom. The lowest BCUT2D eigenvalue weighted by Crippen LogP contribution is -2.05. The fraction of sp³-hybridized carbons (Fsp3) is 0.471. The van der Waals surface area contributed by atoms with E-state index >= 15 is 0 Å². The molecule has 0 saturated carbocycles. The van der Waals surface area contributed by atoms with Gasteiger partial charge in [0.1, 0.15) is 0 Å². The minimum Gasteiger partial charge on any atom is -0.358 e. The molecule has 0 aliphatic rings. The molecule has 1 unspecified atom stereocenters. The summed E-state index contributed by atoms with van der Waals surface area (Å²) < 4.78 is 0. The van der Waals surface area contributed by atoms with Crippen molar-refractivity contribution in [2.45, 2.75) is 46.0 Å². The Bertz CT molecular complexity index is 585. The van der Waals surface area contributed by atoms with Crippen LogP contribution in [0.2, 0.25) is 0 Å². The molecule has 2 rings (SSSR count). The number of rotatable bonds is 6. The molecule has 0 saturated heterocycles. The van der Waals surface area contributed by atoms with Gasteiger partial charge in [-0.2, -0.15) is 0 Å². The van der Waals surface area contributed by atoms with E-state index in [2.05, 4.69) is 18.8 Å². The van der Waals surface area contributed by atoms with Gasteiger partial charge in [-0.3, -0.25) is 4.79 Å². The van der Waals surface area contributed by atoms with Crippen molar-refractivity contribution in [1.29, 1.82) is 0 Å². The quantitative estimate of drug-likeness (QED) is 0.822. The molecule has 1 N–H and O–H groups in total. The lowest BCUT2D eigenvalue weighted by Gasteiger charge is -2.09. The summed E-state index contributed by atoms with van der Waals surface area (Å²) in [6, 6.07) is 9.48. The van der Waals surface area contributed by atoms with Crippen LogP contribution in [0.5, 0.6) is 0 Å². The van der Waals surface area contributed by atoms with E-state index in [0.717, 1.165) is 35.4 Å². The van der Waals surface area contributed by atoms with Crippen LogP contribution in [-0.4, -0.2) is 4.98 Å². The number of aryl methyl sites for hydroxylation is 1. The van der Waals surface area contributed by atoms with Crippen molar-refractivity contribution in [2.24, 2.45) is 5.92 Å². The van der Waals surface area contributed by atoms with E-state index in [4.69, 9.17) is 0 Å². The number of H-pyrrole nitrogens is 1. The summed E-state index contributed by atoms with van der Waals surface area (Å²) >= 11 is 0. The molecule has 1 aromatic heterocycles. The standard InChI is InChI=1S/C17H23NO/c1-3-7-13(2)8-6-9-14-12-17(19)15-10-4-5-11-16(15)18-14/h4-5,10-13H,3,6-9H2,1-2H3,(H,18,19). The van der Waals surface area contributed by atoms with E-state index in [9.17, 15) is 4.79 Å². The van der Waals surface area contributed by atoms with Gasteiger partial charge >= 0.3 is 0 Å². The molecule has 1 atom stereocenters. The van der Waals surface area contributed by atoms with Crippen LogP contribution in [0.3, 0.4) is 0 Å². The maximum absolute atomic E-state index is 12.0. The summed E-state index contributed by atoms with van der Waals surface area (Å²) in [5.41, 5.74) is 2.14. The molecule has 2 heteroatoms. The molecule has 0 aliphatic carbocycles. The van der Waals surface area contributed by atoms with Crippen LogP contribution in [0.25, 0.3) is 10.9 Å². The first-order chi connectivity index (χ1) is 9.20. The van der Waals surface area contributed by atoms with E-state index in [1.165, 1.54) is 19.3 Å². The Labute approximate surface area is 114 Å². The number of aromatic amines is 1. The number of hydrogen-bond acceptors (Lipinski definition) is 1. The van der Waals surface area contributed by atoms with Crippen LogP contribution in [0.4, 0.5) is 0 Å². The molecule has 0 aliphatic heterocycles. The minimum atomic E-state index is 0.131. The van der Waals surface area contributed by atoms with Gasteiger partial charge in [0.2, 0.25) is 0 Å². The molecule has 0 amide bonds. The van der Waals surface area contributed by atoms with Crippen LogP contribution in [0.15, 0.2) is 35.1 Å². The van der Waals surface area contributed by atoms with Gasteiger partial charge in [-0.05, 0) is 30.9 Å². The van der Waals surface area contributed by atoms with Crippen LogP contribution in [-0.2, 0) is 6.42 Å². The predicted molar refractivity (Wildman–Crippen MR) is 81.6 cm³/mol. The molecule has 0 bridgehead atoms. The number of fused-ring (bicyclic) bond motifs is 1. The number of para-hydroxylation sites is 1. The monoisotopic (exact) mass is 257 g/mol. The first-order valence-corrected chi connectivity index (χ1v) is 7.31. The smallest absolute Gasteiger partial charge is 0.189 e. The molecule has 2 nitrogen and oxygen atoms in total. The lowest BCUT2D eigenvalue weighted by molar-refractivity contribution is 0.468. The van der Waals surface area contributed by atoms with Crippen molar-refractivity contribution in [3.63, 3.8) is 0 Å². The fourth-order valence-corrected chi connectivity index (χ4v) is 2.66. The second-order valence-electron chi connectivity index (χ2n) is 5.49. The molecule has 0 radical (unpaired) electrons. The zero-order chi connectivity index (χ0) is 13.7. The van der Waals surface area contributed by atoms with Gasteiger partial charge in [0, 0.05) is 22.7 Å². The Balaban J connectivity index is 2.03. The number of nitrogens with one attached hydrogen (secondary N) is 1. The summed E-state index contributed by atoms with van der Waals surface area (Å²) in [6.45, 7) is 4.55. The van der Waals surface area contributed by atoms with Crippen LogP contribution >= 0.6 is 0 Å². The highest BCUT2D eigenvalue weighted by Gasteiger charge is 2.04. The van der Waals surface area contributed by atoms with Crippen molar-refractivity contribution in [3.05, 3.63) is 46.2 Å². The summed E-state index contributed by atoms with van der Waals surface area (Å²) in [5, 5.41) is 0.783. The van der Waals surface area contributed by atoms with Gasteiger partial charge in [0.05, 0.1) is 0 Å². The van der Waals surface area contributed by atoms with Crippen molar-refractivity contribution >= 4 is 10.9 Å². The van der Waals surface area contributed by atoms with Crippen LogP contribution in [0.1, 0.15) is 45.2 Å². The Morgan fingerprint density at radius 2 is 2.00 bits per heavy atom. The predicted octanol–water partition coefficient (Wildman–Crippen LogP) is 4.29. The summed E-state index contributed by atoms with van der Waals surface area (Å²) in [7, 11) is 0. The topological polar surface area (TPSA) is 32.9 Å². The van der Waals surface area contributed by atoms with Gasteiger partial charge in [0.15, 0.2) is 5.43 Å². The summed E-state index contributed by atoms with van der Waals surface area (Å²) in [4.78, 5) is 15.4. The Morgan fingerprint density at radius 1 is 1.21 bits per heavy atom. The van der Waals surface area contributed by atoms with E-state index in [-0.39, 0.29) is 5.43 Å². The summed E-state index contributed by atoms with van der Waals surface area (Å²) in [6.07, 6.45) is 5.91. The number of benzene rings is 1. The van der Waals surface area contributed by atoms with E-state index in [1.807, 2.05) is 24.3 Å². The number of hydrogen-bond donors (Lipinski definition) is 1. The highest BCUT2D eigenvalue weighted by molar-refractivity contribution is 5.78. The first-order valence-electron chi connectivity index (χ1n) is 7.31. The average molecular weight is 257 g/mol. The maximum atomic E-state index is 12.0. The van der Waals surface area contributed by atoms with Crippen LogP contribution in [0, 0.1) is 5.92 Å². The highest BCUT2D eigenvalue weighted by atomic mass is 16.1. The molecule has 102 valence electrons. The van der Waals surface area contributed by atoms with Crippen molar-refractivity contribution in [2.75, 3.05) is 0 Å². The minimum absolute atomic E-state index is 0.131. The summed E-state index contributed by atoms with van der Waals surface area (Å²) in [5.74, 6) is 0.789. The molecule has 1 aromatic carbocycles. The van der Waals surface area contributed by atoms with Gasteiger partial charge in [-0.15, -0.1) is 0 Å². The maximum Gasteiger partial charge on any atom is 0.189 e. The fourth-order valence-electron chi connectivity index (χ4n) is 2.66. The van der Waals surface area contributed by atoms with E-state index in [0.29, 0.717) is 0 Å². The lowest BCUT2D eigenvalue weighted by atomic mass is 9.98. The molecular weight excluding hydrogens is 234 g/mol. The second-order valence-corrected chi connectivity index (χ2v) is 5.49. The van der Waals surface area contributed by atoms with Crippen molar-refractivity contribution in [1.82, 2.24) is 4.98 Å². The Hall–Kier alpha value is -1.57. The van der Waals surface area contributed by atoms with Crippen LogP contribution < -0.4 is 5.43 Å². The van der Waals surface area contributed by atoms with Crippen molar-refractivity contribution < 1.29 is 0 Å². The molecule has 19 heavy (non-hydrogen) atoms. The Kier molecular flexibility index (Phi) is 4.78. The third-order valence-electron chi connectivity index (χ3n) is 3.72. The van der Waals surface area contributed by atoms with Crippen molar-refractivity contribution in [3.8, 4) is 0 Å². The zero-order valence-corrected chi connectivity index (χ0v) is 11.9. The second kappa shape index (κ2) is 6.55. The molecule has 0 spiro atoms. The van der Waals surface area contributed by atoms with Gasteiger partial charge in [-0.1, -0.05) is 45.2 Å². The third-order valence-corrected chi connectivity index (χ3v) is 3.72. The molecular formula is C17H23NO. The number of pyridine rings is 1. The number of aromatic nitrogens is 1. The molecule has 2 aromatic rings. The third kappa shape index (κ3) is 3.69.